The molecule has 2 amide bonds. The van der Waals surface area contributed by atoms with E-state index < -0.39 is 0 Å². The first-order chi connectivity index (χ1) is 12.9. The summed E-state index contributed by atoms with van der Waals surface area (Å²) in [6, 6.07) is 3.98. The Hall–Kier alpha value is -2.11. The van der Waals surface area contributed by atoms with Crippen LogP contribution in [0.3, 0.4) is 0 Å². The molecule has 6 nitrogen and oxygen atoms in total. The third kappa shape index (κ3) is 4.99. The first-order valence-corrected chi connectivity index (χ1v) is 10.2. The summed E-state index contributed by atoms with van der Waals surface area (Å²) in [7, 11) is 0. The molecule has 0 bridgehead atoms. The maximum Gasteiger partial charge on any atom is 0.255 e. The second kappa shape index (κ2) is 8.72. The molecule has 0 spiro atoms. The van der Waals surface area contributed by atoms with Gasteiger partial charge in [-0.25, -0.2) is 4.98 Å². The molecule has 148 valence electrons. The summed E-state index contributed by atoms with van der Waals surface area (Å²) in [6.45, 7) is 9.44. The predicted octanol–water partition coefficient (Wildman–Crippen LogP) is 2.69. The molecule has 2 fully saturated rings. The van der Waals surface area contributed by atoms with Crippen LogP contribution in [0.2, 0.25) is 0 Å². The van der Waals surface area contributed by atoms with Crippen molar-refractivity contribution >= 4 is 17.6 Å². The minimum absolute atomic E-state index is 0.00146. The van der Waals surface area contributed by atoms with Crippen LogP contribution in [-0.4, -0.2) is 53.9 Å². The molecule has 1 atom stereocenters. The number of nitrogens with zero attached hydrogens (tertiary/aromatic N) is 3. The Labute approximate surface area is 162 Å². The zero-order chi connectivity index (χ0) is 19.4. The molecule has 1 N–H and O–H groups in total. The van der Waals surface area contributed by atoms with Crippen LogP contribution in [-0.2, 0) is 4.79 Å². The van der Waals surface area contributed by atoms with Crippen LogP contribution < -0.4 is 10.2 Å². The first-order valence-electron chi connectivity index (χ1n) is 10.2. The Morgan fingerprint density at radius 3 is 2.52 bits per heavy atom. The van der Waals surface area contributed by atoms with Crippen LogP contribution in [0.4, 0.5) is 5.82 Å². The maximum atomic E-state index is 12.7. The van der Waals surface area contributed by atoms with Gasteiger partial charge in [-0.2, -0.15) is 0 Å². The summed E-state index contributed by atoms with van der Waals surface area (Å²) in [4.78, 5) is 33.3. The lowest BCUT2D eigenvalue weighted by molar-refractivity contribution is -0.124. The molecule has 1 aromatic heterocycles. The number of carbonyl (C=O) groups is 2. The number of amides is 2. The number of pyridine rings is 1. The van der Waals surface area contributed by atoms with Crippen molar-refractivity contribution in [3.8, 4) is 0 Å². The van der Waals surface area contributed by atoms with Crippen molar-refractivity contribution in [2.75, 3.05) is 31.1 Å². The Morgan fingerprint density at radius 1 is 1.15 bits per heavy atom. The zero-order valence-corrected chi connectivity index (χ0v) is 16.8. The molecule has 6 heteroatoms. The van der Waals surface area contributed by atoms with Gasteiger partial charge in [0.2, 0.25) is 5.91 Å². The molecular formula is C21H32N4O2. The third-order valence-electron chi connectivity index (χ3n) is 5.68. The van der Waals surface area contributed by atoms with Crippen LogP contribution in [0.15, 0.2) is 18.3 Å². The lowest BCUT2D eigenvalue weighted by atomic mass is 9.99. The van der Waals surface area contributed by atoms with Crippen molar-refractivity contribution in [2.45, 2.75) is 52.5 Å². The van der Waals surface area contributed by atoms with Crippen molar-refractivity contribution < 1.29 is 9.59 Å². The normalized spacial score (nSPS) is 21.4. The number of piperidine rings is 2. The van der Waals surface area contributed by atoms with Gasteiger partial charge in [-0.1, -0.05) is 20.8 Å². The van der Waals surface area contributed by atoms with Gasteiger partial charge in [0.1, 0.15) is 5.82 Å². The van der Waals surface area contributed by atoms with E-state index in [1.807, 2.05) is 30.9 Å². The van der Waals surface area contributed by atoms with E-state index in [1.54, 1.807) is 6.20 Å². The molecule has 27 heavy (non-hydrogen) atoms. The summed E-state index contributed by atoms with van der Waals surface area (Å²) in [5.41, 5.74) is 0.662. The summed E-state index contributed by atoms with van der Waals surface area (Å²) in [6.07, 6.45) is 5.88. The van der Waals surface area contributed by atoms with Gasteiger partial charge in [0, 0.05) is 44.3 Å². The third-order valence-corrected chi connectivity index (χ3v) is 5.68. The summed E-state index contributed by atoms with van der Waals surface area (Å²) < 4.78 is 0. The van der Waals surface area contributed by atoms with Gasteiger partial charge in [-0.15, -0.1) is 0 Å². The van der Waals surface area contributed by atoms with Crippen molar-refractivity contribution in [1.29, 1.82) is 0 Å². The lowest BCUT2D eigenvalue weighted by Crippen LogP contribution is -2.49. The van der Waals surface area contributed by atoms with Crippen LogP contribution in [0.25, 0.3) is 0 Å². The Bertz CT molecular complexity index is 651. The molecule has 2 aliphatic rings. The van der Waals surface area contributed by atoms with Gasteiger partial charge in [0.15, 0.2) is 0 Å². The van der Waals surface area contributed by atoms with Crippen LogP contribution in [0.1, 0.15) is 56.8 Å². The zero-order valence-electron chi connectivity index (χ0n) is 16.8. The molecule has 3 rings (SSSR count). The average molecular weight is 373 g/mol. The van der Waals surface area contributed by atoms with Crippen molar-refractivity contribution in [2.24, 2.45) is 11.8 Å². The summed E-state index contributed by atoms with van der Waals surface area (Å²) >= 11 is 0. The first kappa shape index (κ1) is 19.6. The molecular weight excluding hydrogens is 340 g/mol. The van der Waals surface area contributed by atoms with E-state index in [0.29, 0.717) is 11.5 Å². The monoisotopic (exact) mass is 372 g/mol. The number of hydrogen-bond donors (Lipinski definition) is 1. The Morgan fingerprint density at radius 2 is 1.89 bits per heavy atom. The number of likely N-dealkylation sites (tertiary alicyclic amines) is 1. The molecule has 2 aliphatic heterocycles. The highest BCUT2D eigenvalue weighted by atomic mass is 16.2. The van der Waals surface area contributed by atoms with E-state index in [1.165, 1.54) is 0 Å². The minimum Gasteiger partial charge on any atom is -0.355 e. The second-order valence-corrected chi connectivity index (χ2v) is 8.33. The molecule has 3 heterocycles. The minimum atomic E-state index is 0.00146. The lowest BCUT2D eigenvalue weighted by Gasteiger charge is -2.34. The highest BCUT2D eigenvalue weighted by Gasteiger charge is 2.24. The highest BCUT2D eigenvalue weighted by molar-refractivity contribution is 5.94. The molecule has 0 saturated carbocycles. The van der Waals surface area contributed by atoms with Gasteiger partial charge in [0.05, 0.1) is 5.56 Å². The molecule has 1 unspecified atom stereocenters. The van der Waals surface area contributed by atoms with E-state index in [9.17, 15) is 9.59 Å². The average Bonchev–Trinajstić information content (AvgIpc) is 2.68. The largest absolute Gasteiger partial charge is 0.355 e. The van der Waals surface area contributed by atoms with E-state index in [-0.39, 0.29) is 23.8 Å². The van der Waals surface area contributed by atoms with E-state index >= 15 is 0 Å². The molecule has 2 saturated heterocycles. The van der Waals surface area contributed by atoms with Crippen molar-refractivity contribution in [3.63, 3.8) is 0 Å². The van der Waals surface area contributed by atoms with Gasteiger partial charge < -0.3 is 15.1 Å². The predicted molar refractivity (Wildman–Crippen MR) is 107 cm³/mol. The number of nitrogens with one attached hydrogen (secondary N) is 1. The fourth-order valence-corrected chi connectivity index (χ4v) is 3.76. The van der Waals surface area contributed by atoms with E-state index in [2.05, 4.69) is 22.1 Å². The van der Waals surface area contributed by atoms with Gasteiger partial charge >= 0.3 is 0 Å². The molecule has 0 aromatic carbocycles. The van der Waals surface area contributed by atoms with Crippen LogP contribution >= 0.6 is 0 Å². The summed E-state index contributed by atoms with van der Waals surface area (Å²) in [5, 5.41) is 3.13. The van der Waals surface area contributed by atoms with Gasteiger partial charge in [0.25, 0.3) is 5.91 Å². The van der Waals surface area contributed by atoms with E-state index in [4.69, 9.17) is 0 Å². The van der Waals surface area contributed by atoms with Crippen LogP contribution in [0, 0.1) is 11.8 Å². The smallest absolute Gasteiger partial charge is 0.255 e. The highest BCUT2D eigenvalue weighted by Crippen LogP contribution is 2.21. The van der Waals surface area contributed by atoms with Gasteiger partial charge in [-0.3, -0.25) is 9.59 Å². The molecule has 1 aromatic rings. The number of hydrogen-bond acceptors (Lipinski definition) is 4. The van der Waals surface area contributed by atoms with Crippen molar-refractivity contribution in [3.05, 3.63) is 23.9 Å². The summed E-state index contributed by atoms with van der Waals surface area (Å²) in [5.74, 6) is 1.77. The number of carbonyl (C=O) groups excluding carboxylic acids is 2. The van der Waals surface area contributed by atoms with Crippen molar-refractivity contribution in [1.82, 2.24) is 15.2 Å². The molecule has 0 aliphatic carbocycles. The Kier molecular flexibility index (Phi) is 6.34. The number of rotatable bonds is 4. The maximum absolute atomic E-state index is 12.7. The fourth-order valence-electron chi connectivity index (χ4n) is 3.76. The SMILES string of the molecule is CC1CCN(C(=O)c2ccc(N3CCCC(NC(=O)C(C)C)C3)nc2)CC1. The number of anilines is 1. The van der Waals surface area contributed by atoms with Crippen LogP contribution in [0.5, 0.6) is 0 Å². The fraction of sp³-hybridized carbons (Fsp3) is 0.667. The van der Waals surface area contributed by atoms with E-state index in [0.717, 1.165) is 57.7 Å². The second-order valence-electron chi connectivity index (χ2n) is 8.33. The van der Waals surface area contributed by atoms with Gasteiger partial charge in [-0.05, 0) is 43.7 Å². The topological polar surface area (TPSA) is 65.5 Å². The quantitative estimate of drug-likeness (QED) is 0.882. The Balaban J connectivity index is 1.59. The molecule has 0 radical (unpaired) electrons. The number of aromatic nitrogens is 1. The standard InChI is InChI=1S/C21H32N4O2/c1-15(2)20(26)23-18-5-4-10-25(14-18)19-7-6-17(13-22-19)21(27)24-11-8-16(3)9-12-24/h6-7,13,15-16,18H,4-5,8-12,14H2,1-3H3,(H,23,26).